The van der Waals surface area contributed by atoms with Crippen LogP contribution in [-0.2, 0) is 11.2 Å². The summed E-state index contributed by atoms with van der Waals surface area (Å²) in [7, 11) is 3.88. The van der Waals surface area contributed by atoms with Crippen LogP contribution in [0.3, 0.4) is 0 Å². The van der Waals surface area contributed by atoms with Crippen LogP contribution in [0.2, 0.25) is 0 Å². The number of carbonyl (C=O) groups is 2. The second-order valence-corrected chi connectivity index (χ2v) is 11.4. The summed E-state index contributed by atoms with van der Waals surface area (Å²) >= 11 is 0. The summed E-state index contributed by atoms with van der Waals surface area (Å²) in [5, 5.41) is 0. The summed E-state index contributed by atoms with van der Waals surface area (Å²) in [6, 6.07) is 8.46. The highest BCUT2D eigenvalue weighted by atomic mass is 16.2. The van der Waals surface area contributed by atoms with Crippen LogP contribution >= 0.6 is 0 Å². The third-order valence-electron chi connectivity index (χ3n) is 8.85. The molecule has 7 heteroatoms. The lowest BCUT2D eigenvalue weighted by Crippen LogP contribution is -2.46. The molecule has 198 valence electrons. The number of piperidine rings is 1. The molecule has 1 atom stereocenters. The second kappa shape index (κ2) is 10.8. The van der Waals surface area contributed by atoms with Crippen molar-refractivity contribution in [1.29, 1.82) is 0 Å². The Balaban J connectivity index is 1.23. The summed E-state index contributed by atoms with van der Waals surface area (Å²) in [5.74, 6) is 2.64. The van der Waals surface area contributed by atoms with Crippen molar-refractivity contribution in [2.75, 3.05) is 32.1 Å². The number of anilines is 1. The van der Waals surface area contributed by atoms with Crippen molar-refractivity contribution in [2.45, 2.75) is 83.7 Å². The van der Waals surface area contributed by atoms with Gasteiger partial charge in [0.1, 0.15) is 11.6 Å². The van der Waals surface area contributed by atoms with Crippen LogP contribution in [0, 0.1) is 19.8 Å². The number of carbonyl (C=O) groups excluding carboxylic acids is 2. The zero-order valence-electron chi connectivity index (χ0n) is 22.9. The molecule has 1 aliphatic heterocycles. The Kier molecular flexibility index (Phi) is 7.50. The minimum atomic E-state index is 0.0700. The third-order valence-corrected chi connectivity index (χ3v) is 8.85. The fraction of sp³-hybridized carbons (Fsp3) is 0.600. The van der Waals surface area contributed by atoms with Gasteiger partial charge in [0, 0.05) is 57.0 Å². The molecule has 2 amide bonds. The molecule has 1 saturated carbocycles. The number of hydrogen-bond acceptors (Lipinski definition) is 5. The lowest BCUT2D eigenvalue weighted by molar-refractivity contribution is -0.133. The standard InChI is InChI=1S/C30H41N5O2/c1-20-17-28(32-21(2)31-20)35-15-13-25(14-16-35)33(3)30(37)24-10-9-23-11-12-27(26(23)19-24)34(4)29(36)18-22-7-5-6-8-22/h9-10,17,19,22,25,27H,5-8,11-16,18H2,1-4H3/t27-/m1/s1. The van der Waals surface area contributed by atoms with Gasteiger partial charge in [-0.05, 0) is 81.5 Å². The first-order valence-electron chi connectivity index (χ1n) is 14.0. The SMILES string of the molecule is Cc1cc(N2CCC(N(C)C(=O)c3ccc4c(c3)[C@H](N(C)C(=O)CC3CCCC3)CC4)CC2)nc(C)n1. The van der Waals surface area contributed by atoms with Crippen LogP contribution in [-0.4, -0.2) is 64.8 Å². The van der Waals surface area contributed by atoms with Crippen LogP contribution in [0.25, 0.3) is 0 Å². The number of nitrogens with zero attached hydrogens (tertiary/aromatic N) is 5. The van der Waals surface area contributed by atoms with E-state index in [-0.39, 0.29) is 23.9 Å². The monoisotopic (exact) mass is 503 g/mol. The first kappa shape index (κ1) is 25.7. The minimum absolute atomic E-state index is 0.0700. The molecule has 2 heterocycles. The number of aryl methyl sites for hydroxylation is 3. The number of amides is 2. The molecule has 2 fully saturated rings. The molecule has 37 heavy (non-hydrogen) atoms. The Morgan fingerprint density at radius 3 is 2.38 bits per heavy atom. The minimum Gasteiger partial charge on any atom is -0.356 e. The van der Waals surface area contributed by atoms with Crippen molar-refractivity contribution in [3.8, 4) is 0 Å². The molecule has 2 aromatic rings. The van der Waals surface area contributed by atoms with Gasteiger partial charge in [0.2, 0.25) is 5.91 Å². The number of fused-ring (bicyclic) bond motifs is 1. The van der Waals surface area contributed by atoms with Crippen molar-refractivity contribution in [1.82, 2.24) is 19.8 Å². The number of aromatic nitrogens is 2. The van der Waals surface area contributed by atoms with Crippen LogP contribution in [0.4, 0.5) is 5.82 Å². The molecule has 0 bridgehead atoms. The molecular weight excluding hydrogens is 462 g/mol. The lowest BCUT2D eigenvalue weighted by atomic mass is 9.99. The predicted octanol–water partition coefficient (Wildman–Crippen LogP) is 4.86. The van der Waals surface area contributed by atoms with Crippen LogP contribution < -0.4 is 4.90 Å². The maximum absolute atomic E-state index is 13.5. The summed E-state index contributed by atoms with van der Waals surface area (Å²) in [6.07, 6.45) is 9.27. The maximum atomic E-state index is 13.5. The molecule has 1 aromatic heterocycles. The Morgan fingerprint density at radius 1 is 0.946 bits per heavy atom. The Morgan fingerprint density at radius 2 is 1.68 bits per heavy atom. The van der Waals surface area contributed by atoms with Crippen molar-refractivity contribution < 1.29 is 9.59 Å². The van der Waals surface area contributed by atoms with Gasteiger partial charge in [-0.3, -0.25) is 9.59 Å². The number of hydrogen-bond donors (Lipinski definition) is 0. The normalized spacial score (nSPS) is 20.2. The summed E-state index contributed by atoms with van der Waals surface area (Å²) in [5.41, 5.74) is 4.14. The Labute approximate surface area is 221 Å². The van der Waals surface area contributed by atoms with E-state index in [0.29, 0.717) is 12.3 Å². The smallest absolute Gasteiger partial charge is 0.253 e. The zero-order valence-corrected chi connectivity index (χ0v) is 22.9. The number of benzene rings is 1. The van der Waals surface area contributed by atoms with Crippen molar-refractivity contribution in [3.63, 3.8) is 0 Å². The average molecular weight is 504 g/mol. The van der Waals surface area contributed by atoms with Crippen molar-refractivity contribution in [2.24, 2.45) is 5.92 Å². The highest BCUT2D eigenvalue weighted by Crippen LogP contribution is 2.37. The van der Waals surface area contributed by atoms with E-state index in [0.717, 1.165) is 67.2 Å². The molecule has 1 aromatic carbocycles. The van der Waals surface area contributed by atoms with Crippen molar-refractivity contribution in [3.05, 3.63) is 52.5 Å². The van der Waals surface area contributed by atoms with E-state index in [4.69, 9.17) is 0 Å². The Bertz CT molecular complexity index is 1130. The quantitative estimate of drug-likeness (QED) is 0.563. The van der Waals surface area contributed by atoms with E-state index in [9.17, 15) is 9.59 Å². The van der Waals surface area contributed by atoms with Gasteiger partial charge in [-0.25, -0.2) is 9.97 Å². The maximum Gasteiger partial charge on any atom is 0.253 e. The van der Waals surface area contributed by atoms with E-state index in [1.807, 2.05) is 49.9 Å². The van der Waals surface area contributed by atoms with Gasteiger partial charge in [0.05, 0.1) is 6.04 Å². The predicted molar refractivity (Wildman–Crippen MR) is 146 cm³/mol. The molecule has 0 N–H and O–H groups in total. The summed E-state index contributed by atoms with van der Waals surface area (Å²) < 4.78 is 0. The van der Waals surface area contributed by atoms with E-state index in [2.05, 4.69) is 27.0 Å². The topological polar surface area (TPSA) is 69.6 Å². The fourth-order valence-electron chi connectivity index (χ4n) is 6.61. The molecule has 5 rings (SSSR count). The molecule has 0 unspecified atom stereocenters. The molecule has 3 aliphatic rings. The van der Waals surface area contributed by atoms with Gasteiger partial charge >= 0.3 is 0 Å². The largest absolute Gasteiger partial charge is 0.356 e. The van der Waals surface area contributed by atoms with E-state index in [1.54, 1.807) is 0 Å². The average Bonchev–Trinajstić information content (AvgIpc) is 3.56. The third kappa shape index (κ3) is 5.51. The van der Waals surface area contributed by atoms with E-state index < -0.39 is 0 Å². The highest BCUT2D eigenvalue weighted by molar-refractivity contribution is 5.94. The van der Waals surface area contributed by atoms with Gasteiger partial charge in [-0.15, -0.1) is 0 Å². The van der Waals surface area contributed by atoms with Gasteiger partial charge in [0.15, 0.2) is 0 Å². The Hall–Kier alpha value is -2.96. The lowest BCUT2D eigenvalue weighted by Gasteiger charge is -2.37. The van der Waals surface area contributed by atoms with E-state index >= 15 is 0 Å². The van der Waals surface area contributed by atoms with E-state index in [1.165, 1.54) is 31.2 Å². The van der Waals surface area contributed by atoms with Crippen LogP contribution in [0.15, 0.2) is 24.3 Å². The molecule has 0 spiro atoms. The van der Waals surface area contributed by atoms with Crippen molar-refractivity contribution >= 4 is 17.6 Å². The van der Waals surface area contributed by atoms with Gasteiger partial charge in [0.25, 0.3) is 5.91 Å². The molecule has 0 radical (unpaired) electrons. The zero-order chi connectivity index (χ0) is 26.1. The van der Waals surface area contributed by atoms with Gasteiger partial charge in [-0.2, -0.15) is 0 Å². The molecule has 1 saturated heterocycles. The van der Waals surface area contributed by atoms with Crippen LogP contribution in [0.5, 0.6) is 0 Å². The molecular formula is C30H41N5O2. The second-order valence-electron chi connectivity index (χ2n) is 11.4. The van der Waals surface area contributed by atoms with Crippen LogP contribution in [0.1, 0.15) is 90.4 Å². The first-order valence-corrected chi connectivity index (χ1v) is 14.0. The number of rotatable bonds is 6. The van der Waals surface area contributed by atoms with Gasteiger partial charge < -0.3 is 14.7 Å². The van der Waals surface area contributed by atoms with Gasteiger partial charge in [-0.1, -0.05) is 18.9 Å². The highest BCUT2D eigenvalue weighted by Gasteiger charge is 2.32. The summed E-state index contributed by atoms with van der Waals surface area (Å²) in [4.78, 5) is 41.8. The molecule has 7 nitrogen and oxygen atoms in total. The summed E-state index contributed by atoms with van der Waals surface area (Å²) in [6.45, 7) is 5.68. The first-order chi connectivity index (χ1) is 17.8. The molecule has 2 aliphatic carbocycles. The fourth-order valence-corrected chi connectivity index (χ4v) is 6.61.